The van der Waals surface area contributed by atoms with Gasteiger partial charge in [0.25, 0.3) is 0 Å². The van der Waals surface area contributed by atoms with Crippen LogP contribution in [0.15, 0.2) is 6.20 Å². The lowest BCUT2D eigenvalue weighted by Crippen LogP contribution is -2.46. The molecule has 0 spiro atoms. The van der Waals surface area contributed by atoms with Gasteiger partial charge in [-0.3, -0.25) is 5.10 Å². The highest BCUT2D eigenvalue weighted by Gasteiger charge is 2.32. The number of hydrogen-bond acceptors (Lipinski definition) is 3. The Morgan fingerprint density at radius 1 is 1.47 bits per heavy atom. The van der Waals surface area contributed by atoms with Crippen molar-refractivity contribution in [2.24, 2.45) is 0 Å². The average molecular weight is 254 g/mol. The van der Waals surface area contributed by atoms with Crippen LogP contribution >= 0.6 is 24.8 Å². The SMILES string of the molecule is Cc1cn[nH]c1C1(C)CNCCO1.Cl.Cl. The summed E-state index contributed by atoms with van der Waals surface area (Å²) < 4.78 is 5.76. The van der Waals surface area contributed by atoms with E-state index in [1.54, 1.807) is 0 Å². The van der Waals surface area contributed by atoms with E-state index in [0.717, 1.165) is 31.0 Å². The van der Waals surface area contributed by atoms with Crippen LogP contribution in [0.2, 0.25) is 0 Å². The van der Waals surface area contributed by atoms with Crippen molar-refractivity contribution in [3.63, 3.8) is 0 Å². The molecule has 0 amide bonds. The smallest absolute Gasteiger partial charge is 0.119 e. The van der Waals surface area contributed by atoms with Crippen LogP contribution in [0.3, 0.4) is 0 Å². The van der Waals surface area contributed by atoms with Crippen LogP contribution in [0.4, 0.5) is 0 Å². The summed E-state index contributed by atoms with van der Waals surface area (Å²) in [6.07, 6.45) is 1.83. The third-order valence-electron chi connectivity index (χ3n) is 2.52. The number of ether oxygens (including phenoxy) is 1. The molecule has 1 atom stereocenters. The third-order valence-corrected chi connectivity index (χ3v) is 2.52. The van der Waals surface area contributed by atoms with E-state index in [-0.39, 0.29) is 30.4 Å². The predicted molar refractivity (Wildman–Crippen MR) is 64.0 cm³/mol. The fourth-order valence-electron chi connectivity index (χ4n) is 1.77. The summed E-state index contributed by atoms with van der Waals surface area (Å²) in [6, 6.07) is 0. The number of nitrogens with one attached hydrogen (secondary N) is 2. The van der Waals surface area contributed by atoms with Gasteiger partial charge in [-0.2, -0.15) is 5.10 Å². The molecule has 1 fully saturated rings. The number of halogens is 2. The van der Waals surface area contributed by atoms with E-state index in [1.807, 2.05) is 13.1 Å². The molecule has 0 saturated carbocycles. The highest BCUT2D eigenvalue weighted by atomic mass is 35.5. The van der Waals surface area contributed by atoms with Gasteiger partial charge < -0.3 is 10.1 Å². The van der Waals surface area contributed by atoms with Crippen LogP contribution in [0.5, 0.6) is 0 Å². The molecule has 15 heavy (non-hydrogen) atoms. The highest BCUT2D eigenvalue weighted by molar-refractivity contribution is 5.85. The van der Waals surface area contributed by atoms with Crippen molar-refractivity contribution in [2.75, 3.05) is 19.7 Å². The Kier molecular flexibility index (Phi) is 5.59. The number of rotatable bonds is 1. The van der Waals surface area contributed by atoms with Crippen molar-refractivity contribution >= 4 is 24.8 Å². The Morgan fingerprint density at radius 2 is 2.20 bits per heavy atom. The number of morpholine rings is 1. The Labute approximate surface area is 102 Å². The van der Waals surface area contributed by atoms with Crippen molar-refractivity contribution in [2.45, 2.75) is 19.4 Å². The molecular formula is C9H17Cl2N3O. The second-order valence-electron chi connectivity index (χ2n) is 3.68. The molecule has 1 aromatic rings. The summed E-state index contributed by atoms with van der Waals surface area (Å²) in [6.45, 7) is 6.66. The van der Waals surface area contributed by atoms with E-state index >= 15 is 0 Å². The van der Waals surface area contributed by atoms with Gasteiger partial charge in [-0.05, 0) is 19.4 Å². The zero-order valence-electron chi connectivity index (χ0n) is 8.87. The van der Waals surface area contributed by atoms with Crippen molar-refractivity contribution in [3.05, 3.63) is 17.5 Å². The first-order valence-electron chi connectivity index (χ1n) is 4.57. The van der Waals surface area contributed by atoms with Crippen molar-refractivity contribution in [1.82, 2.24) is 15.5 Å². The zero-order chi connectivity index (χ0) is 9.31. The highest BCUT2D eigenvalue weighted by Crippen LogP contribution is 2.26. The largest absolute Gasteiger partial charge is 0.366 e. The first kappa shape index (κ1) is 14.7. The summed E-state index contributed by atoms with van der Waals surface area (Å²) in [5.41, 5.74) is 2.00. The summed E-state index contributed by atoms with van der Waals surface area (Å²) in [4.78, 5) is 0. The topological polar surface area (TPSA) is 49.9 Å². The minimum atomic E-state index is -0.237. The first-order valence-corrected chi connectivity index (χ1v) is 4.57. The molecule has 1 saturated heterocycles. The number of aromatic amines is 1. The van der Waals surface area contributed by atoms with Crippen LogP contribution in [0.1, 0.15) is 18.2 Å². The normalized spacial score (nSPS) is 25.2. The standard InChI is InChI=1S/C9H15N3O.2ClH/c1-7-5-11-12-8(7)9(2)6-10-3-4-13-9;;/h5,10H,3-4,6H2,1-2H3,(H,11,12);2*1H. The van der Waals surface area contributed by atoms with Gasteiger partial charge in [0, 0.05) is 13.1 Å². The lowest BCUT2D eigenvalue weighted by molar-refractivity contribution is -0.0605. The molecule has 0 bridgehead atoms. The Balaban J connectivity index is 0.000000980. The summed E-state index contributed by atoms with van der Waals surface area (Å²) >= 11 is 0. The van der Waals surface area contributed by atoms with Crippen molar-refractivity contribution in [3.8, 4) is 0 Å². The van der Waals surface area contributed by atoms with E-state index in [9.17, 15) is 0 Å². The lowest BCUT2D eigenvalue weighted by Gasteiger charge is -2.33. The van der Waals surface area contributed by atoms with Crippen LogP contribution < -0.4 is 5.32 Å². The molecule has 2 heterocycles. The van der Waals surface area contributed by atoms with Gasteiger partial charge in [0.15, 0.2) is 0 Å². The molecule has 0 radical (unpaired) electrons. The first-order chi connectivity index (χ1) is 6.22. The molecule has 4 nitrogen and oxygen atoms in total. The van der Waals surface area contributed by atoms with Gasteiger partial charge in [0.05, 0.1) is 18.5 Å². The molecule has 6 heteroatoms. The van der Waals surface area contributed by atoms with Crippen molar-refractivity contribution in [1.29, 1.82) is 0 Å². The summed E-state index contributed by atoms with van der Waals surface area (Å²) in [7, 11) is 0. The van der Waals surface area contributed by atoms with Gasteiger partial charge in [-0.15, -0.1) is 24.8 Å². The summed E-state index contributed by atoms with van der Waals surface area (Å²) in [5.74, 6) is 0. The van der Waals surface area contributed by atoms with Gasteiger partial charge in [0.2, 0.25) is 0 Å². The van der Waals surface area contributed by atoms with E-state index in [1.165, 1.54) is 0 Å². The maximum atomic E-state index is 5.76. The molecular weight excluding hydrogens is 237 g/mol. The molecule has 1 aromatic heterocycles. The Morgan fingerprint density at radius 3 is 2.67 bits per heavy atom. The number of aromatic nitrogens is 2. The quantitative estimate of drug-likeness (QED) is 0.796. The van der Waals surface area contributed by atoms with Gasteiger partial charge >= 0.3 is 0 Å². The fourth-order valence-corrected chi connectivity index (χ4v) is 1.77. The van der Waals surface area contributed by atoms with Crippen LogP contribution in [-0.4, -0.2) is 29.9 Å². The number of aryl methyl sites for hydroxylation is 1. The minimum absolute atomic E-state index is 0. The molecule has 2 N–H and O–H groups in total. The van der Waals surface area contributed by atoms with E-state index in [2.05, 4.69) is 22.4 Å². The fraction of sp³-hybridized carbons (Fsp3) is 0.667. The van der Waals surface area contributed by atoms with Gasteiger partial charge in [-0.25, -0.2) is 0 Å². The molecule has 88 valence electrons. The molecule has 2 rings (SSSR count). The van der Waals surface area contributed by atoms with E-state index < -0.39 is 0 Å². The zero-order valence-corrected chi connectivity index (χ0v) is 10.5. The predicted octanol–water partition coefficient (Wildman–Crippen LogP) is 1.40. The average Bonchev–Trinajstić information content (AvgIpc) is 2.53. The van der Waals surface area contributed by atoms with Gasteiger partial charge in [-0.1, -0.05) is 0 Å². The number of H-pyrrole nitrogens is 1. The van der Waals surface area contributed by atoms with Crippen LogP contribution in [0.25, 0.3) is 0 Å². The molecule has 1 aliphatic heterocycles. The minimum Gasteiger partial charge on any atom is -0.366 e. The summed E-state index contributed by atoms with van der Waals surface area (Å²) in [5, 5.41) is 10.3. The van der Waals surface area contributed by atoms with Crippen LogP contribution in [0, 0.1) is 6.92 Å². The third kappa shape index (κ3) is 2.84. The number of hydrogen-bond donors (Lipinski definition) is 2. The molecule has 1 unspecified atom stereocenters. The van der Waals surface area contributed by atoms with Crippen molar-refractivity contribution < 1.29 is 4.74 Å². The van der Waals surface area contributed by atoms with E-state index in [4.69, 9.17) is 4.74 Å². The van der Waals surface area contributed by atoms with Crippen LogP contribution in [-0.2, 0) is 10.3 Å². The Bertz CT molecular complexity index is 297. The lowest BCUT2D eigenvalue weighted by atomic mass is 9.98. The van der Waals surface area contributed by atoms with E-state index in [0.29, 0.717) is 0 Å². The molecule has 1 aliphatic rings. The second kappa shape index (κ2) is 5.70. The maximum Gasteiger partial charge on any atom is 0.119 e. The number of nitrogens with zero attached hydrogens (tertiary/aromatic N) is 1. The maximum absolute atomic E-state index is 5.76. The second-order valence-corrected chi connectivity index (χ2v) is 3.68. The monoisotopic (exact) mass is 253 g/mol. The molecule has 0 aliphatic carbocycles. The molecule has 0 aromatic carbocycles. The Hall–Kier alpha value is -0.290. The van der Waals surface area contributed by atoms with Gasteiger partial charge in [0.1, 0.15) is 5.60 Å².